The standard InChI is InChI=1S/C12H17NO2S/c1-9(2)12(14)15-8-7-10-3-5-11(13-16)6-4-10/h3-6,9,13,16H,7-8H2,1-2H3. The van der Waals surface area contributed by atoms with E-state index in [4.69, 9.17) is 4.74 Å². The Bertz CT molecular complexity index is 335. The highest BCUT2D eigenvalue weighted by Gasteiger charge is 2.07. The molecule has 0 aromatic heterocycles. The topological polar surface area (TPSA) is 38.3 Å². The van der Waals surface area contributed by atoms with Crippen LogP contribution in [0, 0.1) is 5.92 Å². The van der Waals surface area contributed by atoms with Crippen molar-refractivity contribution in [2.24, 2.45) is 5.92 Å². The molecule has 0 saturated heterocycles. The lowest BCUT2D eigenvalue weighted by Crippen LogP contribution is -2.13. The van der Waals surface area contributed by atoms with Crippen LogP contribution in [-0.2, 0) is 16.0 Å². The van der Waals surface area contributed by atoms with Gasteiger partial charge in [-0.2, -0.15) is 0 Å². The summed E-state index contributed by atoms with van der Waals surface area (Å²) in [5, 5.41) is 0. The monoisotopic (exact) mass is 239 g/mol. The Balaban J connectivity index is 2.34. The highest BCUT2D eigenvalue weighted by atomic mass is 32.1. The summed E-state index contributed by atoms with van der Waals surface area (Å²) in [7, 11) is 0. The fourth-order valence-electron chi connectivity index (χ4n) is 1.18. The summed E-state index contributed by atoms with van der Waals surface area (Å²) < 4.78 is 7.85. The first-order chi connectivity index (χ1) is 7.63. The van der Waals surface area contributed by atoms with Crippen molar-refractivity contribution in [3.63, 3.8) is 0 Å². The quantitative estimate of drug-likeness (QED) is 0.613. The number of carbonyl (C=O) groups excluding carboxylic acids is 1. The molecule has 0 unspecified atom stereocenters. The maximum absolute atomic E-state index is 11.2. The second-order valence-corrected chi connectivity index (χ2v) is 4.10. The number of ether oxygens (including phenoxy) is 1. The Kier molecular flexibility index (Phi) is 5.19. The number of thiol groups is 1. The Morgan fingerprint density at radius 2 is 2.00 bits per heavy atom. The average Bonchev–Trinajstić information content (AvgIpc) is 2.29. The molecule has 88 valence electrons. The number of nitrogens with one attached hydrogen (secondary N) is 1. The minimum Gasteiger partial charge on any atom is -0.465 e. The molecule has 0 fully saturated rings. The van der Waals surface area contributed by atoms with E-state index in [0.717, 1.165) is 17.7 Å². The van der Waals surface area contributed by atoms with Crippen molar-refractivity contribution in [2.45, 2.75) is 20.3 Å². The van der Waals surface area contributed by atoms with E-state index in [2.05, 4.69) is 17.5 Å². The van der Waals surface area contributed by atoms with E-state index < -0.39 is 0 Å². The van der Waals surface area contributed by atoms with Crippen LogP contribution in [0.25, 0.3) is 0 Å². The molecule has 0 saturated carbocycles. The fourth-order valence-corrected chi connectivity index (χ4v) is 1.33. The molecule has 0 spiro atoms. The molecule has 0 aliphatic carbocycles. The zero-order valence-electron chi connectivity index (χ0n) is 9.56. The van der Waals surface area contributed by atoms with Gasteiger partial charge in [0, 0.05) is 12.1 Å². The first-order valence-electron chi connectivity index (χ1n) is 5.29. The third-order valence-electron chi connectivity index (χ3n) is 2.19. The van der Waals surface area contributed by atoms with Gasteiger partial charge in [-0.3, -0.25) is 4.79 Å². The number of rotatable bonds is 5. The molecule has 0 amide bonds. The molecule has 0 atom stereocenters. The molecule has 0 aliphatic heterocycles. The molecule has 0 aliphatic rings. The third-order valence-corrected chi connectivity index (χ3v) is 2.45. The first-order valence-corrected chi connectivity index (χ1v) is 5.74. The second kappa shape index (κ2) is 6.43. The summed E-state index contributed by atoms with van der Waals surface area (Å²) in [6, 6.07) is 7.85. The van der Waals surface area contributed by atoms with Crippen molar-refractivity contribution in [1.82, 2.24) is 0 Å². The summed E-state index contributed by atoms with van der Waals surface area (Å²) in [4.78, 5) is 11.2. The van der Waals surface area contributed by atoms with Gasteiger partial charge in [0.1, 0.15) is 0 Å². The van der Waals surface area contributed by atoms with Crippen LogP contribution in [0.2, 0.25) is 0 Å². The van der Waals surface area contributed by atoms with Crippen molar-refractivity contribution in [3.05, 3.63) is 29.8 Å². The lowest BCUT2D eigenvalue weighted by atomic mass is 10.1. The zero-order valence-corrected chi connectivity index (χ0v) is 10.5. The molecule has 1 N–H and O–H groups in total. The Morgan fingerprint density at radius 1 is 1.38 bits per heavy atom. The Labute approximate surface area is 102 Å². The minimum absolute atomic E-state index is 0.0595. The molecular formula is C12H17NO2S. The highest BCUT2D eigenvalue weighted by Crippen LogP contribution is 2.10. The van der Waals surface area contributed by atoms with Crippen LogP contribution in [0.5, 0.6) is 0 Å². The van der Waals surface area contributed by atoms with Gasteiger partial charge in [-0.15, -0.1) is 0 Å². The smallest absolute Gasteiger partial charge is 0.308 e. The van der Waals surface area contributed by atoms with E-state index in [-0.39, 0.29) is 11.9 Å². The van der Waals surface area contributed by atoms with Crippen molar-refractivity contribution in [2.75, 3.05) is 11.3 Å². The van der Waals surface area contributed by atoms with Crippen LogP contribution in [0.4, 0.5) is 5.69 Å². The van der Waals surface area contributed by atoms with Crippen molar-refractivity contribution < 1.29 is 9.53 Å². The zero-order chi connectivity index (χ0) is 12.0. The number of carbonyl (C=O) groups is 1. The van der Waals surface area contributed by atoms with Crippen LogP contribution in [0.3, 0.4) is 0 Å². The first kappa shape index (κ1) is 12.9. The van der Waals surface area contributed by atoms with Crippen molar-refractivity contribution in [1.29, 1.82) is 0 Å². The van der Waals surface area contributed by atoms with Crippen LogP contribution < -0.4 is 4.72 Å². The normalized spacial score (nSPS) is 10.2. The van der Waals surface area contributed by atoms with E-state index in [1.165, 1.54) is 0 Å². The van der Waals surface area contributed by atoms with Gasteiger partial charge in [0.25, 0.3) is 0 Å². The predicted octanol–water partition coefficient (Wildman–Crippen LogP) is 2.69. The van der Waals surface area contributed by atoms with Crippen molar-refractivity contribution in [3.8, 4) is 0 Å². The molecule has 4 heteroatoms. The lowest BCUT2D eigenvalue weighted by Gasteiger charge is -2.07. The van der Waals surface area contributed by atoms with Gasteiger partial charge in [-0.05, 0) is 17.7 Å². The molecule has 3 nitrogen and oxygen atoms in total. The average molecular weight is 239 g/mol. The molecule has 1 aromatic carbocycles. The van der Waals surface area contributed by atoms with E-state index in [0.29, 0.717) is 6.61 Å². The SMILES string of the molecule is CC(C)C(=O)OCCc1ccc(NS)cc1. The van der Waals surface area contributed by atoms with Crippen LogP contribution in [0.15, 0.2) is 24.3 Å². The largest absolute Gasteiger partial charge is 0.465 e. The molecular weight excluding hydrogens is 222 g/mol. The van der Waals surface area contributed by atoms with Crippen LogP contribution >= 0.6 is 12.8 Å². The fraction of sp³-hybridized carbons (Fsp3) is 0.417. The maximum Gasteiger partial charge on any atom is 0.308 e. The minimum atomic E-state index is -0.145. The molecule has 0 heterocycles. The summed E-state index contributed by atoms with van der Waals surface area (Å²) >= 11 is 3.94. The van der Waals surface area contributed by atoms with Gasteiger partial charge in [0.05, 0.1) is 12.5 Å². The van der Waals surface area contributed by atoms with Crippen LogP contribution in [-0.4, -0.2) is 12.6 Å². The molecule has 1 aromatic rings. The third kappa shape index (κ3) is 4.14. The van der Waals surface area contributed by atoms with Crippen molar-refractivity contribution >= 4 is 24.5 Å². The number of benzene rings is 1. The molecule has 0 radical (unpaired) electrons. The Hall–Kier alpha value is -1.16. The molecule has 16 heavy (non-hydrogen) atoms. The summed E-state index contributed by atoms with van der Waals surface area (Å²) in [6.45, 7) is 4.09. The van der Waals surface area contributed by atoms with E-state index in [9.17, 15) is 4.79 Å². The van der Waals surface area contributed by atoms with Gasteiger partial charge in [-0.1, -0.05) is 38.8 Å². The van der Waals surface area contributed by atoms with Gasteiger partial charge >= 0.3 is 5.97 Å². The summed E-state index contributed by atoms with van der Waals surface area (Å²) in [5.41, 5.74) is 2.09. The molecule has 1 rings (SSSR count). The lowest BCUT2D eigenvalue weighted by molar-refractivity contribution is -0.147. The number of hydrogen-bond acceptors (Lipinski definition) is 4. The Morgan fingerprint density at radius 3 is 2.50 bits per heavy atom. The number of hydrogen-bond donors (Lipinski definition) is 2. The van der Waals surface area contributed by atoms with Gasteiger partial charge in [0.2, 0.25) is 0 Å². The van der Waals surface area contributed by atoms with Crippen LogP contribution in [0.1, 0.15) is 19.4 Å². The number of esters is 1. The maximum atomic E-state index is 11.2. The second-order valence-electron chi connectivity index (χ2n) is 3.88. The van der Waals surface area contributed by atoms with E-state index >= 15 is 0 Å². The number of anilines is 1. The van der Waals surface area contributed by atoms with Gasteiger partial charge in [0.15, 0.2) is 0 Å². The summed E-state index contributed by atoms with van der Waals surface area (Å²) in [5.74, 6) is -0.204. The molecule has 0 bridgehead atoms. The van der Waals surface area contributed by atoms with E-state index in [1.54, 1.807) is 0 Å². The van der Waals surface area contributed by atoms with E-state index in [1.807, 2.05) is 38.1 Å². The summed E-state index contributed by atoms with van der Waals surface area (Å²) in [6.07, 6.45) is 0.741. The highest BCUT2D eigenvalue weighted by molar-refractivity contribution is 7.81. The van der Waals surface area contributed by atoms with Gasteiger partial charge in [-0.25, -0.2) is 0 Å². The predicted molar refractivity (Wildman–Crippen MR) is 68.6 cm³/mol. The van der Waals surface area contributed by atoms with Gasteiger partial charge < -0.3 is 9.46 Å².